The van der Waals surface area contributed by atoms with Gasteiger partial charge in [-0.1, -0.05) is 0 Å². The number of benzene rings is 1. The molecular formula is C20H24N6O5. The number of nitro groups is 1. The van der Waals surface area contributed by atoms with Gasteiger partial charge in [0, 0.05) is 49.8 Å². The monoisotopic (exact) mass is 428 g/mol. The second kappa shape index (κ2) is 8.32. The molecule has 1 N–H and O–H groups in total. The van der Waals surface area contributed by atoms with Gasteiger partial charge in [0.15, 0.2) is 0 Å². The Morgan fingerprint density at radius 2 is 1.81 bits per heavy atom. The van der Waals surface area contributed by atoms with Gasteiger partial charge in [0.05, 0.1) is 4.92 Å². The zero-order valence-electron chi connectivity index (χ0n) is 17.2. The van der Waals surface area contributed by atoms with Crippen LogP contribution in [-0.4, -0.2) is 49.1 Å². The highest BCUT2D eigenvalue weighted by molar-refractivity contribution is 5.90. The van der Waals surface area contributed by atoms with E-state index in [9.17, 15) is 24.5 Å². The summed E-state index contributed by atoms with van der Waals surface area (Å²) in [4.78, 5) is 49.2. The van der Waals surface area contributed by atoms with Crippen LogP contribution in [0.4, 0.5) is 11.4 Å². The third kappa shape index (κ3) is 4.49. The van der Waals surface area contributed by atoms with Crippen molar-refractivity contribution in [3.63, 3.8) is 0 Å². The fraction of sp³-hybridized carbons (Fsp3) is 0.500. The van der Waals surface area contributed by atoms with E-state index in [0.717, 1.165) is 30.4 Å². The van der Waals surface area contributed by atoms with Gasteiger partial charge in [-0.05, 0) is 37.8 Å². The molecule has 31 heavy (non-hydrogen) atoms. The van der Waals surface area contributed by atoms with Crippen molar-refractivity contribution in [2.75, 3.05) is 18.4 Å². The first-order chi connectivity index (χ1) is 14.8. The van der Waals surface area contributed by atoms with E-state index in [4.69, 9.17) is 0 Å². The number of likely N-dealkylation sites (tertiary alicyclic amines) is 1. The lowest BCUT2D eigenvalue weighted by atomic mass is 9.95. The number of rotatable bonds is 6. The second-order valence-corrected chi connectivity index (χ2v) is 8.08. The molecular weight excluding hydrogens is 404 g/mol. The molecule has 0 atom stereocenters. The molecule has 1 aliphatic heterocycles. The maximum absolute atomic E-state index is 12.6. The molecule has 1 saturated heterocycles. The van der Waals surface area contributed by atoms with Gasteiger partial charge in [-0.3, -0.25) is 24.3 Å². The van der Waals surface area contributed by atoms with Gasteiger partial charge < -0.3 is 10.2 Å². The Kier molecular flexibility index (Phi) is 5.57. The van der Waals surface area contributed by atoms with Gasteiger partial charge in [0.1, 0.15) is 12.4 Å². The van der Waals surface area contributed by atoms with E-state index in [1.54, 1.807) is 7.05 Å². The van der Waals surface area contributed by atoms with Crippen molar-refractivity contribution in [2.24, 2.45) is 13.0 Å². The van der Waals surface area contributed by atoms with E-state index in [1.165, 1.54) is 28.8 Å². The number of nitrogens with zero attached hydrogens (tertiary/aromatic N) is 5. The molecule has 1 saturated carbocycles. The minimum atomic E-state index is -0.521. The van der Waals surface area contributed by atoms with Crippen LogP contribution in [0.15, 0.2) is 29.1 Å². The van der Waals surface area contributed by atoms with Crippen molar-refractivity contribution in [3.8, 4) is 0 Å². The largest absolute Gasteiger partial charge is 0.346 e. The minimum Gasteiger partial charge on any atom is -0.342 e. The molecule has 0 spiro atoms. The Morgan fingerprint density at radius 3 is 2.39 bits per heavy atom. The molecule has 2 aromatic rings. The lowest BCUT2D eigenvalue weighted by Gasteiger charge is -2.31. The first-order valence-corrected chi connectivity index (χ1v) is 10.3. The second-order valence-electron chi connectivity index (χ2n) is 8.08. The number of carbonyl (C=O) groups excluding carboxylic acids is 2. The molecule has 1 aromatic carbocycles. The average Bonchev–Trinajstić information content (AvgIpc) is 3.57. The first kappa shape index (κ1) is 20.8. The van der Waals surface area contributed by atoms with Crippen LogP contribution in [0.5, 0.6) is 0 Å². The van der Waals surface area contributed by atoms with Crippen LogP contribution in [0.25, 0.3) is 0 Å². The molecule has 1 aliphatic carbocycles. The molecule has 2 aliphatic rings. The summed E-state index contributed by atoms with van der Waals surface area (Å²) in [7, 11) is 1.64. The molecule has 11 heteroatoms. The van der Waals surface area contributed by atoms with E-state index in [1.807, 2.05) is 4.90 Å². The van der Waals surface area contributed by atoms with Gasteiger partial charge in [-0.25, -0.2) is 9.48 Å². The molecule has 2 fully saturated rings. The van der Waals surface area contributed by atoms with Crippen LogP contribution in [-0.2, 0) is 23.2 Å². The van der Waals surface area contributed by atoms with Gasteiger partial charge in [-0.2, -0.15) is 5.10 Å². The standard InChI is InChI=1S/C20H24N6O5/c1-23-18(13-8-10-24(11-9-13)19(28)14-2-3-14)22-25(20(23)29)12-17(27)21-15-4-6-16(7-5-15)26(30)31/h4-7,13-14H,2-3,8-12H2,1H3,(H,21,27). The first-order valence-electron chi connectivity index (χ1n) is 10.3. The van der Waals surface area contributed by atoms with Crippen LogP contribution in [0.3, 0.4) is 0 Å². The average molecular weight is 428 g/mol. The molecule has 164 valence electrons. The van der Waals surface area contributed by atoms with E-state index in [2.05, 4.69) is 10.4 Å². The zero-order valence-corrected chi connectivity index (χ0v) is 17.2. The number of amides is 2. The fourth-order valence-electron chi connectivity index (χ4n) is 3.91. The SMILES string of the molecule is Cn1c(C2CCN(C(=O)C3CC3)CC2)nn(CC(=O)Nc2ccc([N+](=O)[O-])cc2)c1=O. The Hall–Kier alpha value is -3.50. The highest BCUT2D eigenvalue weighted by Crippen LogP contribution is 2.33. The van der Waals surface area contributed by atoms with Gasteiger partial charge in [0.2, 0.25) is 11.8 Å². The molecule has 4 rings (SSSR count). The number of hydrogen-bond donors (Lipinski definition) is 1. The predicted molar refractivity (Wildman–Crippen MR) is 110 cm³/mol. The van der Waals surface area contributed by atoms with Gasteiger partial charge in [0.25, 0.3) is 5.69 Å². The Bertz CT molecular complexity index is 1060. The van der Waals surface area contributed by atoms with Crippen LogP contribution >= 0.6 is 0 Å². The summed E-state index contributed by atoms with van der Waals surface area (Å²) in [5, 5.41) is 17.7. The molecule has 0 radical (unpaired) electrons. The Balaban J connectivity index is 1.38. The molecule has 0 bridgehead atoms. The van der Waals surface area contributed by atoms with Crippen molar-refractivity contribution >= 4 is 23.2 Å². The quantitative estimate of drug-likeness (QED) is 0.544. The molecule has 2 heterocycles. The highest BCUT2D eigenvalue weighted by atomic mass is 16.6. The fourth-order valence-corrected chi connectivity index (χ4v) is 3.91. The topological polar surface area (TPSA) is 132 Å². The van der Waals surface area contributed by atoms with E-state index in [-0.39, 0.29) is 35.7 Å². The summed E-state index contributed by atoms with van der Waals surface area (Å²) < 4.78 is 2.58. The smallest absolute Gasteiger partial charge is 0.342 e. The van der Waals surface area contributed by atoms with Gasteiger partial charge >= 0.3 is 5.69 Å². The van der Waals surface area contributed by atoms with Crippen LogP contribution < -0.4 is 11.0 Å². The van der Waals surface area contributed by atoms with Crippen molar-refractivity contribution in [1.29, 1.82) is 0 Å². The summed E-state index contributed by atoms with van der Waals surface area (Å²) in [6.45, 7) is 1.05. The van der Waals surface area contributed by atoms with Crippen molar-refractivity contribution < 1.29 is 14.5 Å². The molecule has 1 aromatic heterocycles. The van der Waals surface area contributed by atoms with E-state index < -0.39 is 10.8 Å². The Morgan fingerprint density at radius 1 is 1.16 bits per heavy atom. The number of carbonyl (C=O) groups is 2. The third-order valence-corrected chi connectivity index (χ3v) is 5.83. The number of non-ortho nitro benzene ring substituents is 1. The summed E-state index contributed by atoms with van der Waals surface area (Å²) in [5.74, 6) is 0.659. The maximum Gasteiger partial charge on any atom is 0.346 e. The molecule has 11 nitrogen and oxygen atoms in total. The lowest BCUT2D eigenvalue weighted by Crippen LogP contribution is -2.39. The van der Waals surface area contributed by atoms with Crippen LogP contribution in [0.2, 0.25) is 0 Å². The number of nitro benzene ring substituents is 1. The predicted octanol–water partition coefficient (Wildman–Crippen LogP) is 1.24. The van der Waals surface area contributed by atoms with Crippen LogP contribution in [0.1, 0.15) is 37.4 Å². The number of hydrogen-bond acceptors (Lipinski definition) is 6. The normalized spacial score (nSPS) is 16.9. The van der Waals surface area contributed by atoms with Crippen LogP contribution in [0, 0.1) is 16.0 Å². The number of nitrogens with one attached hydrogen (secondary N) is 1. The van der Waals surface area contributed by atoms with E-state index >= 15 is 0 Å². The van der Waals surface area contributed by atoms with E-state index in [0.29, 0.717) is 24.6 Å². The summed E-state index contributed by atoms with van der Waals surface area (Å²) in [6, 6.07) is 5.45. The summed E-state index contributed by atoms with van der Waals surface area (Å²) >= 11 is 0. The zero-order chi connectivity index (χ0) is 22.1. The lowest BCUT2D eigenvalue weighted by molar-refractivity contribution is -0.384. The maximum atomic E-state index is 12.6. The number of anilines is 1. The summed E-state index contributed by atoms with van der Waals surface area (Å²) in [6.07, 6.45) is 3.44. The number of piperidine rings is 1. The van der Waals surface area contributed by atoms with Crippen molar-refractivity contribution in [2.45, 2.75) is 38.1 Å². The van der Waals surface area contributed by atoms with Crippen molar-refractivity contribution in [1.82, 2.24) is 19.2 Å². The molecule has 0 unspecified atom stereocenters. The highest BCUT2D eigenvalue weighted by Gasteiger charge is 2.36. The summed E-state index contributed by atoms with van der Waals surface area (Å²) in [5.41, 5.74) is -0.0636. The third-order valence-electron chi connectivity index (χ3n) is 5.83. The van der Waals surface area contributed by atoms with Gasteiger partial charge in [-0.15, -0.1) is 0 Å². The minimum absolute atomic E-state index is 0.0555. The van der Waals surface area contributed by atoms with Crippen molar-refractivity contribution in [3.05, 3.63) is 50.7 Å². The molecule has 2 amide bonds. The number of aromatic nitrogens is 3. The Labute approximate surface area is 177 Å².